The van der Waals surface area contributed by atoms with E-state index in [1.807, 2.05) is 6.92 Å². The van der Waals surface area contributed by atoms with Gasteiger partial charge in [0.15, 0.2) is 0 Å². The smallest absolute Gasteiger partial charge is 0.242 e. The Labute approximate surface area is 113 Å². The molecule has 3 N–H and O–H groups in total. The van der Waals surface area contributed by atoms with Crippen LogP contribution in [-0.2, 0) is 14.3 Å². The molecule has 6 heteroatoms. The second-order valence-corrected chi connectivity index (χ2v) is 5.31. The lowest BCUT2D eigenvalue weighted by Gasteiger charge is -2.43. The molecule has 2 aliphatic heterocycles. The number of nitrogens with one attached hydrogen (secondary N) is 1. The van der Waals surface area contributed by atoms with Crippen LogP contribution in [0.25, 0.3) is 0 Å². The molecule has 1 unspecified atom stereocenters. The van der Waals surface area contributed by atoms with Gasteiger partial charge in [0.2, 0.25) is 11.8 Å². The monoisotopic (exact) mass is 269 g/mol. The maximum atomic E-state index is 12.8. The number of rotatable bonds is 3. The van der Waals surface area contributed by atoms with E-state index in [2.05, 4.69) is 5.32 Å². The fourth-order valence-corrected chi connectivity index (χ4v) is 2.94. The van der Waals surface area contributed by atoms with Crippen LogP contribution < -0.4 is 11.1 Å². The van der Waals surface area contributed by atoms with Crippen molar-refractivity contribution in [3.05, 3.63) is 0 Å². The van der Waals surface area contributed by atoms with Crippen LogP contribution in [0.3, 0.4) is 0 Å². The minimum absolute atomic E-state index is 0.0278. The predicted octanol–water partition coefficient (Wildman–Crippen LogP) is -0.521. The maximum Gasteiger partial charge on any atom is 0.242 e. The Morgan fingerprint density at radius 2 is 2.21 bits per heavy atom. The van der Waals surface area contributed by atoms with Crippen LogP contribution in [0.5, 0.6) is 0 Å². The minimum Gasteiger partial charge on any atom is -0.381 e. The summed E-state index contributed by atoms with van der Waals surface area (Å²) in [7, 11) is 0. The van der Waals surface area contributed by atoms with Gasteiger partial charge in [-0.25, -0.2) is 0 Å². The van der Waals surface area contributed by atoms with Gasteiger partial charge < -0.3 is 20.7 Å². The number of amides is 2. The first-order valence-corrected chi connectivity index (χ1v) is 7.01. The van der Waals surface area contributed by atoms with Crippen molar-refractivity contribution < 1.29 is 14.3 Å². The molecule has 0 saturated carbocycles. The van der Waals surface area contributed by atoms with Crippen molar-refractivity contribution in [3.8, 4) is 0 Å². The molecular formula is C13H23N3O3. The first-order valence-electron chi connectivity index (χ1n) is 7.01. The van der Waals surface area contributed by atoms with Crippen LogP contribution in [-0.4, -0.2) is 55.6 Å². The summed E-state index contributed by atoms with van der Waals surface area (Å²) in [6.45, 7) is 4.49. The number of piperazine rings is 1. The average molecular weight is 269 g/mol. The third kappa shape index (κ3) is 2.60. The van der Waals surface area contributed by atoms with Crippen molar-refractivity contribution >= 4 is 11.8 Å². The molecule has 0 aromatic rings. The van der Waals surface area contributed by atoms with Crippen molar-refractivity contribution in [2.24, 2.45) is 11.1 Å². The molecule has 6 nitrogen and oxygen atoms in total. The van der Waals surface area contributed by atoms with Gasteiger partial charge in [0, 0.05) is 32.8 Å². The zero-order chi connectivity index (χ0) is 13.9. The maximum absolute atomic E-state index is 12.8. The van der Waals surface area contributed by atoms with Crippen molar-refractivity contribution in [1.29, 1.82) is 0 Å². The van der Waals surface area contributed by atoms with Gasteiger partial charge in [-0.1, -0.05) is 6.92 Å². The summed E-state index contributed by atoms with van der Waals surface area (Å²) in [5, 5.41) is 2.81. The summed E-state index contributed by atoms with van der Waals surface area (Å²) in [5.41, 5.74) is 5.33. The molecule has 2 aliphatic rings. The van der Waals surface area contributed by atoms with Crippen LogP contribution in [0.1, 0.15) is 26.2 Å². The zero-order valence-corrected chi connectivity index (χ0v) is 11.5. The minimum atomic E-state index is -0.538. The molecule has 2 heterocycles. The van der Waals surface area contributed by atoms with E-state index < -0.39 is 5.41 Å². The molecule has 0 aromatic heterocycles. The number of carbonyl (C=O) groups excluding carboxylic acids is 2. The Morgan fingerprint density at radius 3 is 2.79 bits per heavy atom. The summed E-state index contributed by atoms with van der Waals surface area (Å²) < 4.78 is 5.33. The van der Waals surface area contributed by atoms with Gasteiger partial charge in [-0.05, 0) is 19.3 Å². The topological polar surface area (TPSA) is 84.7 Å². The number of nitrogens with zero attached hydrogens (tertiary/aromatic N) is 1. The summed E-state index contributed by atoms with van der Waals surface area (Å²) in [6.07, 6.45) is 1.93. The molecule has 2 fully saturated rings. The zero-order valence-electron chi connectivity index (χ0n) is 11.5. The summed E-state index contributed by atoms with van der Waals surface area (Å²) in [4.78, 5) is 26.4. The molecule has 108 valence electrons. The van der Waals surface area contributed by atoms with E-state index in [9.17, 15) is 9.59 Å². The lowest BCUT2D eigenvalue weighted by molar-refractivity contribution is -0.155. The van der Waals surface area contributed by atoms with Gasteiger partial charge in [0.1, 0.15) is 6.04 Å². The second-order valence-electron chi connectivity index (χ2n) is 5.31. The van der Waals surface area contributed by atoms with E-state index in [1.165, 1.54) is 0 Å². The number of carbonyl (C=O) groups is 2. The normalized spacial score (nSPS) is 26.9. The molecular weight excluding hydrogens is 246 g/mol. The highest BCUT2D eigenvalue weighted by Gasteiger charge is 2.44. The van der Waals surface area contributed by atoms with Crippen molar-refractivity contribution in [1.82, 2.24) is 10.2 Å². The van der Waals surface area contributed by atoms with E-state index >= 15 is 0 Å². The first-order chi connectivity index (χ1) is 9.14. The van der Waals surface area contributed by atoms with Crippen LogP contribution in [0.4, 0.5) is 0 Å². The van der Waals surface area contributed by atoms with Gasteiger partial charge >= 0.3 is 0 Å². The Balaban J connectivity index is 2.18. The molecule has 0 spiro atoms. The SMILES string of the molecule is CCC1C(=O)NCCN1C(=O)C1(CN)CCOCC1. The summed E-state index contributed by atoms with van der Waals surface area (Å²) >= 11 is 0. The Morgan fingerprint density at radius 1 is 1.53 bits per heavy atom. The molecule has 0 bridgehead atoms. The molecule has 2 rings (SSSR count). The second kappa shape index (κ2) is 5.88. The standard InChI is InChI=1S/C13H23N3O3/c1-2-10-11(17)15-5-6-16(10)12(18)13(9-14)3-7-19-8-4-13/h10H,2-9,14H2,1H3,(H,15,17). The van der Waals surface area contributed by atoms with Gasteiger partial charge in [0.05, 0.1) is 5.41 Å². The number of hydrogen-bond donors (Lipinski definition) is 2. The van der Waals surface area contributed by atoms with E-state index in [0.717, 1.165) is 0 Å². The Kier molecular flexibility index (Phi) is 4.42. The van der Waals surface area contributed by atoms with Gasteiger partial charge in [-0.2, -0.15) is 0 Å². The van der Waals surface area contributed by atoms with Crippen LogP contribution in [0.15, 0.2) is 0 Å². The lowest BCUT2D eigenvalue weighted by atomic mass is 9.78. The third-order valence-electron chi connectivity index (χ3n) is 4.27. The number of nitrogens with two attached hydrogens (primary N) is 1. The molecule has 1 atom stereocenters. The van der Waals surface area contributed by atoms with Gasteiger partial charge in [-0.15, -0.1) is 0 Å². The van der Waals surface area contributed by atoms with Crippen LogP contribution in [0, 0.1) is 5.41 Å². The lowest BCUT2D eigenvalue weighted by Crippen LogP contribution is -2.61. The highest BCUT2D eigenvalue weighted by atomic mass is 16.5. The highest BCUT2D eigenvalue weighted by molar-refractivity contribution is 5.91. The fourth-order valence-electron chi connectivity index (χ4n) is 2.94. The largest absolute Gasteiger partial charge is 0.381 e. The van der Waals surface area contributed by atoms with Gasteiger partial charge in [0.25, 0.3) is 0 Å². The quantitative estimate of drug-likeness (QED) is 0.722. The van der Waals surface area contributed by atoms with Crippen molar-refractivity contribution in [2.75, 3.05) is 32.8 Å². The highest BCUT2D eigenvalue weighted by Crippen LogP contribution is 2.32. The van der Waals surface area contributed by atoms with E-state index in [1.54, 1.807) is 4.90 Å². The number of ether oxygens (including phenoxy) is 1. The first kappa shape index (κ1) is 14.3. The molecule has 2 amide bonds. The van der Waals surface area contributed by atoms with E-state index in [0.29, 0.717) is 52.1 Å². The summed E-state index contributed by atoms with van der Waals surface area (Å²) in [5.74, 6) is -0.0265. The summed E-state index contributed by atoms with van der Waals surface area (Å²) in [6, 6.07) is -0.354. The van der Waals surface area contributed by atoms with E-state index in [-0.39, 0.29) is 17.9 Å². The number of hydrogen-bond acceptors (Lipinski definition) is 4. The predicted molar refractivity (Wildman–Crippen MR) is 70.3 cm³/mol. The molecule has 0 radical (unpaired) electrons. The fraction of sp³-hybridized carbons (Fsp3) is 0.846. The molecule has 0 aromatic carbocycles. The van der Waals surface area contributed by atoms with Crippen molar-refractivity contribution in [3.63, 3.8) is 0 Å². The van der Waals surface area contributed by atoms with Crippen molar-refractivity contribution in [2.45, 2.75) is 32.2 Å². The molecule has 2 saturated heterocycles. The molecule has 19 heavy (non-hydrogen) atoms. The van der Waals surface area contributed by atoms with E-state index in [4.69, 9.17) is 10.5 Å². The Hall–Kier alpha value is -1.14. The van der Waals surface area contributed by atoms with Crippen LogP contribution >= 0.6 is 0 Å². The van der Waals surface area contributed by atoms with Crippen LogP contribution in [0.2, 0.25) is 0 Å². The van der Waals surface area contributed by atoms with Gasteiger partial charge in [-0.3, -0.25) is 9.59 Å². The average Bonchev–Trinajstić information content (AvgIpc) is 2.47. The molecule has 0 aliphatic carbocycles. The third-order valence-corrected chi connectivity index (χ3v) is 4.27. The Bertz CT molecular complexity index is 353.